The van der Waals surface area contributed by atoms with Crippen LogP contribution in [0.4, 0.5) is 0 Å². The predicted octanol–water partition coefficient (Wildman–Crippen LogP) is 1.52. The van der Waals surface area contributed by atoms with Crippen LogP contribution >= 0.6 is 0 Å². The van der Waals surface area contributed by atoms with Gasteiger partial charge in [0.1, 0.15) is 5.78 Å². The van der Waals surface area contributed by atoms with Gasteiger partial charge < -0.3 is 5.11 Å². The molecule has 2 heteroatoms. The smallest absolute Gasteiger partial charge is 0.135 e. The molecule has 0 heterocycles. The fourth-order valence-electron chi connectivity index (χ4n) is 1.41. The Labute approximate surface area is 67.6 Å². The maximum Gasteiger partial charge on any atom is 0.135 e. The summed E-state index contributed by atoms with van der Waals surface area (Å²) < 4.78 is 0. The molecule has 0 saturated heterocycles. The van der Waals surface area contributed by atoms with Gasteiger partial charge in [-0.05, 0) is 39.5 Å². The molecular formula is C9H16O2. The quantitative estimate of drug-likeness (QED) is 0.670. The number of rotatable bonds is 4. The summed E-state index contributed by atoms with van der Waals surface area (Å²) in [6.07, 6.45) is 3.45. The van der Waals surface area contributed by atoms with Crippen LogP contribution in [-0.2, 0) is 4.79 Å². The van der Waals surface area contributed by atoms with E-state index in [0.29, 0.717) is 5.78 Å². The number of aliphatic hydroxyl groups is 1. The monoisotopic (exact) mass is 156 g/mol. The van der Waals surface area contributed by atoms with Crippen LogP contribution in [0.5, 0.6) is 0 Å². The van der Waals surface area contributed by atoms with Gasteiger partial charge in [-0.25, -0.2) is 0 Å². The van der Waals surface area contributed by atoms with Crippen molar-refractivity contribution >= 4 is 5.78 Å². The average Bonchev–Trinajstić information content (AvgIpc) is 2.63. The Bertz CT molecular complexity index is 157. The maximum absolute atomic E-state index is 11.1. The van der Waals surface area contributed by atoms with E-state index in [1.165, 1.54) is 0 Å². The molecule has 1 fully saturated rings. The van der Waals surface area contributed by atoms with Crippen molar-refractivity contribution in [2.45, 2.75) is 45.6 Å². The van der Waals surface area contributed by atoms with Crippen LogP contribution < -0.4 is 0 Å². The molecule has 0 spiro atoms. The van der Waals surface area contributed by atoms with E-state index >= 15 is 0 Å². The molecule has 0 bridgehead atoms. The molecule has 0 radical (unpaired) electrons. The summed E-state index contributed by atoms with van der Waals surface area (Å²) in [4.78, 5) is 11.1. The third kappa shape index (κ3) is 2.03. The summed E-state index contributed by atoms with van der Waals surface area (Å²) in [5.74, 6) is 0.304. The average molecular weight is 156 g/mol. The van der Waals surface area contributed by atoms with Crippen LogP contribution in [0.2, 0.25) is 0 Å². The lowest BCUT2D eigenvalue weighted by molar-refractivity contribution is -0.122. The number of hydrogen-bond donors (Lipinski definition) is 1. The van der Waals surface area contributed by atoms with E-state index in [1.54, 1.807) is 13.8 Å². The van der Waals surface area contributed by atoms with Crippen molar-refractivity contribution in [1.82, 2.24) is 0 Å². The first kappa shape index (κ1) is 8.72. The van der Waals surface area contributed by atoms with E-state index in [0.717, 1.165) is 25.7 Å². The van der Waals surface area contributed by atoms with Crippen LogP contribution in [0.25, 0.3) is 0 Å². The van der Waals surface area contributed by atoms with Crippen LogP contribution in [-0.4, -0.2) is 17.0 Å². The molecule has 0 amide bonds. The van der Waals surface area contributed by atoms with E-state index in [2.05, 4.69) is 0 Å². The summed E-state index contributed by atoms with van der Waals surface area (Å²) in [6, 6.07) is 0. The van der Waals surface area contributed by atoms with Gasteiger partial charge in [0, 0.05) is 5.41 Å². The van der Waals surface area contributed by atoms with Gasteiger partial charge in [-0.3, -0.25) is 4.79 Å². The molecular weight excluding hydrogens is 140 g/mol. The second-order valence-corrected chi connectivity index (χ2v) is 3.72. The van der Waals surface area contributed by atoms with Gasteiger partial charge in [-0.1, -0.05) is 0 Å². The predicted molar refractivity (Wildman–Crippen MR) is 43.3 cm³/mol. The van der Waals surface area contributed by atoms with Gasteiger partial charge in [0.2, 0.25) is 0 Å². The molecule has 1 atom stereocenters. The molecule has 0 aromatic rings. The number of Topliss-reactive ketones (excluding diaryl/α,β-unsaturated/α-hetero) is 1. The van der Waals surface area contributed by atoms with Crippen molar-refractivity contribution in [3.63, 3.8) is 0 Å². The standard InChI is InChI=1S/C9H16O2/c1-7(10)3-4-9(5-6-9)8(2)11/h7,10H,3-6H2,1-2H3. The van der Waals surface area contributed by atoms with Crippen molar-refractivity contribution in [3.05, 3.63) is 0 Å². The topological polar surface area (TPSA) is 37.3 Å². The molecule has 0 aromatic carbocycles. The third-order valence-corrected chi connectivity index (χ3v) is 2.64. The number of ketones is 1. The molecule has 1 aliphatic carbocycles. The van der Waals surface area contributed by atoms with E-state index in [-0.39, 0.29) is 11.5 Å². The molecule has 1 aliphatic rings. The maximum atomic E-state index is 11.1. The zero-order valence-electron chi connectivity index (χ0n) is 7.26. The number of carbonyl (C=O) groups is 1. The lowest BCUT2D eigenvalue weighted by Crippen LogP contribution is -2.14. The van der Waals surface area contributed by atoms with Crippen molar-refractivity contribution < 1.29 is 9.90 Å². The first-order valence-electron chi connectivity index (χ1n) is 4.26. The highest BCUT2D eigenvalue weighted by Crippen LogP contribution is 2.50. The Morgan fingerprint density at radius 3 is 2.45 bits per heavy atom. The molecule has 2 nitrogen and oxygen atoms in total. The van der Waals surface area contributed by atoms with E-state index in [1.807, 2.05) is 0 Å². The van der Waals surface area contributed by atoms with Crippen LogP contribution in [0.3, 0.4) is 0 Å². The minimum atomic E-state index is -0.258. The van der Waals surface area contributed by atoms with E-state index < -0.39 is 0 Å². The zero-order valence-corrected chi connectivity index (χ0v) is 7.26. The molecule has 1 unspecified atom stereocenters. The second kappa shape index (κ2) is 2.94. The Kier molecular flexibility index (Phi) is 2.33. The Balaban J connectivity index is 2.31. The number of aliphatic hydroxyl groups excluding tert-OH is 1. The molecule has 11 heavy (non-hydrogen) atoms. The summed E-state index contributed by atoms with van der Waals surface area (Å²) >= 11 is 0. The SMILES string of the molecule is CC(=O)C1(CCC(C)O)CC1. The highest BCUT2D eigenvalue weighted by Gasteiger charge is 2.46. The van der Waals surface area contributed by atoms with Gasteiger partial charge in [-0.15, -0.1) is 0 Å². The summed E-state index contributed by atoms with van der Waals surface area (Å²) in [5, 5.41) is 9.01. The lowest BCUT2D eigenvalue weighted by atomic mass is 9.94. The van der Waals surface area contributed by atoms with Gasteiger partial charge >= 0.3 is 0 Å². The summed E-state index contributed by atoms with van der Waals surface area (Å²) in [6.45, 7) is 3.44. The molecule has 1 rings (SSSR count). The van der Waals surface area contributed by atoms with E-state index in [4.69, 9.17) is 5.11 Å². The lowest BCUT2D eigenvalue weighted by Gasteiger charge is -2.11. The van der Waals surface area contributed by atoms with Crippen molar-refractivity contribution in [2.24, 2.45) is 5.41 Å². The number of hydrogen-bond acceptors (Lipinski definition) is 2. The highest BCUT2D eigenvalue weighted by atomic mass is 16.3. The first-order valence-corrected chi connectivity index (χ1v) is 4.26. The molecule has 1 N–H and O–H groups in total. The molecule has 0 aromatic heterocycles. The van der Waals surface area contributed by atoms with Crippen molar-refractivity contribution in [1.29, 1.82) is 0 Å². The van der Waals surface area contributed by atoms with Gasteiger partial charge in [0.05, 0.1) is 6.10 Å². The summed E-state index contributed by atoms with van der Waals surface area (Å²) in [7, 11) is 0. The minimum Gasteiger partial charge on any atom is -0.393 e. The Morgan fingerprint density at radius 1 is 1.64 bits per heavy atom. The first-order chi connectivity index (χ1) is 5.07. The van der Waals surface area contributed by atoms with Crippen LogP contribution in [0.1, 0.15) is 39.5 Å². The third-order valence-electron chi connectivity index (χ3n) is 2.64. The molecule has 0 aliphatic heterocycles. The number of carbonyl (C=O) groups excluding carboxylic acids is 1. The molecule has 64 valence electrons. The van der Waals surface area contributed by atoms with Crippen LogP contribution in [0.15, 0.2) is 0 Å². The largest absolute Gasteiger partial charge is 0.393 e. The fraction of sp³-hybridized carbons (Fsp3) is 0.889. The Hall–Kier alpha value is -0.370. The summed E-state index contributed by atoms with van der Waals surface area (Å²) in [5.41, 5.74) is -0.0169. The molecule has 1 saturated carbocycles. The minimum absolute atomic E-state index is 0.0169. The van der Waals surface area contributed by atoms with Crippen molar-refractivity contribution in [3.8, 4) is 0 Å². The van der Waals surface area contributed by atoms with Gasteiger partial charge in [0.25, 0.3) is 0 Å². The zero-order chi connectivity index (χ0) is 8.48. The second-order valence-electron chi connectivity index (χ2n) is 3.72. The normalized spacial score (nSPS) is 22.8. The van der Waals surface area contributed by atoms with Crippen LogP contribution in [0, 0.1) is 5.41 Å². The van der Waals surface area contributed by atoms with Crippen molar-refractivity contribution in [2.75, 3.05) is 0 Å². The Morgan fingerprint density at radius 2 is 2.18 bits per heavy atom. The highest BCUT2D eigenvalue weighted by molar-refractivity contribution is 5.84. The van der Waals surface area contributed by atoms with Gasteiger partial charge in [0.15, 0.2) is 0 Å². The van der Waals surface area contributed by atoms with Gasteiger partial charge in [-0.2, -0.15) is 0 Å². The van der Waals surface area contributed by atoms with E-state index in [9.17, 15) is 4.79 Å². The fourth-order valence-corrected chi connectivity index (χ4v) is 1.41.